The maximum absolute atomic E-state index is 12.5. The first-order chi connectivity index (χ1) is 14.0. The van der Waals surface area contributed by atoms with Crippen LogP contribution in [0.2, 0.25) is 0 Å². The zero-order valence-electron chi connectivity index (χ0n) is 15.9. The number of anilines is 2. The second-order valence-corrected chi connectivity index (χ2v) is 7.59. The molecular formula is C21H19N3O4S. The van der Waals surface area contributed by atoms with Gasteiger partial charge in [0.05, 0.1) is 5.69 Å². The second kappa shape index (κ2) is 7.92. The summed E-state index contributed by atoms with van der Waals surface area (Å²) >= 11 is 1.36. The van der Waals surface area contributed by atoms with Crippen LogP contribution in [0.4, 0.5) is 11.4 Å². The van der Waals surface area contributed by atoms with Crippen molar-refractivity contribution in [3.8, 4) is 11.5 Å². The number of thiazole rings is 1. The van der Waals surface area contributed by atoms with E-state index in [1.165, 1.54) is 11.3 Å². The average Bonchev–Trinajstić information content (AvgIpc) is 3.18. The Labute approximate surface area is 171 Å². The van der Waals surface area contributed by atoms with E-state index in [4.69, 9.17) is 9.47 Å². The van der Waals surface area contributed by atoms with Crippen molar-refractivity contribution in [2.45, 2.75) is 26.6 Å². The summed E-state index contributed by atoms with van der Waals surface area (Å²) in [5.74, 6) is 0.765. The molecule has 3 aromatic rings. The smallest absolute Gasteiger partial charge is 0.275 e. The SMILES string of the molecule is Cc1ccc(OCc2nc(C(=O)Nc3ccc4c(c3)NC(=O)[C@H](C)O4)cs2)cc1. The monoisotopic (exact) mass is 409 g/mol. The molecule has 1 aliphatic heterocycles. The van der Waals surface area contributed by atoms with Crippen molar-refractivity contribution >= 4 is 34.5 Å². The van der Waals surface area contributed by atoms with E-state index >= 15 is 0 Å². The highest BCUT2D eigenvalue weighted by Gasteiger charge is 2.23. The van der Waals surface area contributed by atoms with Gasteiger partial charge in [0, 0.05) is 11.1 Å². The van der Waals surface area contributed by atoms with Crippen LogP contribution in [0.1, 0.15) is 28.0 Å². The van der Waals surface area contributed by atoms with Crippen LogP contribution in [0.25, 0.3) is 0 Å². The predicted octanol–water partition coefficient (Wildman–Crippen LogP) is 4.00. The molecule has 2 N–H and O–H groups in total. The fourth-order valence-corrected chi connectivity index (χ4v) is 3.43. The number of fused-ring (bicyclic) bond motifs is 1. The Hall–Kier alpha value is -3.39. The number of rotatable bonds is 5. The standard InChI is InChI=1S/C21H19N3O4S/c1-12-3-6-15(7-4-12)27-10-19-23-17(11-29-19)21(26)22-14-5-8-18-16(9-14)24-20(25)13(2)28-18/h3-9,11,13H,10H2,1-2H3,(H,22,26)(H,24,25)/t13-/m0/s1. The van der Waals surface area contributed by atoms with Gasteiger partial charge in [-0.05, 0) is 44.2 Å². The Morgan fingerprint density at radius 1 is 1.28 bits per heavy atom. The molecule has 0 saturated heterocycles. The summed E-state index contributed by atoms with van der Waals surface area (Å²) in [7, 11) is 0. The van der Waals surface area contributed by atoms with Crippen molar-refractivity contribution in [2.75, 3.05) is 10.6 Å². The Morgan fingerprint density at radius 3 is 2.86 bits per heavy atom. The molecule has 2 amide bonds. The van der Waals surface area contributed by atoms with E-state index in [0.29, 0.717) is 34.4 Å². The van der Waals surface area contributed by atoms with E-state index < -0.39 is 6.10 Å². The molecule has 0 bridgehead atoms. The van der Waals surface area contributed by atoms with Crippen LogP contribution in [0.5, 0.6) is 11.5 Å². The van der Waals surface area contributed by atoms with Crippen LogP contribution < -0.4 is 20.1 Å². The van der Waals surface area contributed by atoms with Crippen LogP contribution >= 0.6 is 11.3 Å². The number of benzene rings is 2. The van der Waals surface area contributed by atoms with Crippen molar-refractivity contribution in [3.05, 3.63) is 64.1 Å². The van der Waals surface area contributed by atoms with Crippen molar-refractivity contribution in [1.29, 1.82) is 0 Å². The van der Waals surface area contributed by atoms with Crippen molar-refractivity contribution in [3.63, 3.8) is 0 Å². The van der Waals surface area contributed by atoms with Gasteiger partial charge in [-0.1, -0.05) is 17.7 Å². The lowest BCUT2D eigenvalue weighted by atomic mass is 10.2. The van der Waals surface area contributed by atoms with E-state index in [1.54, 1.807) is 30.5 Å². The first-order valence-electron chi connectivity index (χ1n) is 9.05. The highest BCUT2D eigenvalue weighted by molar-refractivity contribution is 7.09. The number of aromatic nitrogens is 1. The molecule has 148 valence electrons. The molecule has 1 atom stereocenters. The first kappa shape index (κ1) is 18.9. The molecule has 8 heteroatoms. The average molecular weight is 409 g/mol. The first-order valence-corrected chi connectivity index (χ1v) is 9.93. The molecule has 0 fully saturated rings. The van der Waals surface area contributed by atoms with Gasteiger partial charge in [-0.3, -0.25) is 9.59 Å². The minimum absolute atomic E-state index is 0.223. The van der Waals surface area contributed by atoms with Crippen LogP contribution in [0.3, 0.4) is 0 Å². The lowest BCUT2D eigenvalue weighted by molar-refractivity contribution is -0.122. The van der Waals surface area contributed by atoms with Gasteiger partial charge in [0.25, 0.3) is 11.8 Å². The van der Waals surface area contributed by atoms with Gasteiger partial charge in [0.15, 0.2) is 6.10 Å². The molecule has 0 spiro atoms. The third kappa shape index (κ3) is 4.38. The zero-order chi connectivity index (χ0) is 20.4. The molecule has 0 unspecified atom stereocenters. The normalized spacial score (nSPS) is 15.1. The molecule has 7 nitrogen and oxygen atoms in total. The minimum Gasteiger partial charge on any atom is -0.486 e. The summed E-state index contributed by atoms with van der Waals surface area (Å²) < 4.78 is 11.2. The number of aryl methyl sites for hydroxylation is 1. The molecule has 0 saturated carbocycles. The van der Waals surface area contributed by atoms with Crippen molar-refractivity contribution in [2.24, 2.45) is 0 Å². The number of hydrogen-bond donors (Lipinski definition) is 2. The van der Waals surface area contributed by atoms with Crippen LogP contribution in [0.15, 0.2) is 47.8 Å². The Balaban J connectivity index is 1.38. The van der Waals surface area contributed by atoms with Gasteiger partial charge in [-0.15, -0.1) is 11.3 Å². The van der Waals surface area contributed by atoms with E-state index in [0.717, 1.165) is 11.3 Å². The molecule has 2 aromatic carbocycles. The fourth-order valence-electron chi connectivity index (χ4n) is 2.74. The third-order valence-electron chi connectivity index (χ3n) is 4.34. The maximum atomic E-state index is 12.5. The summed E-state index contributed by atoms with van der Waals surface area (Å²) in [5, 5.41) is 7.94. The number of nitrogens with one attached hydrogen (secondary N) is 2. The molecule has 2 heterocycles. The summed E-state index contributed by atoms with van der Waals surface area (Å²) in [6.45, 7) is 3.98. The number of amides is 2. The number of hydrogen-bond acceptors (Lipinski definition) is 6. The van der Waals surface area contributed by atoms with E-state index in [1.807, 2.05) is 31.2 Å². The number of nitrogens with zero attached hydrogens (tertiary/aromatic N) is 1. The fraction of sp³-hybridized carbons (Fsp3) is 0.190. The minimum atomic E-state index is -0.543. The number of carbonyl (C=O) groups is 2. The Kier molecular flexibility index (Phi) is 5.18. The molecule has 0 radical (unpaired) electrons. The van der Waals surface area contributed by atoms with Crippen LogP contribution in [0, 0.1) is 6.92 Å². The van der Waals surface area contributed by atoms with Crippen LogP contribution in [-0.2, 0) is 11.4 Å². The zero-order valence-corrected chi connectivity index (χ0v) is 16.7. The van der Waals surface area contributed by atoms with Crippen LogP contribution in [-0.4, -0.2) is 22.9 Å². The Bertz CT molecular complexity index is 1060. The number of ether oxygens (including phenoxy) is 2. The molecule has 29 heavy (non-hydrogen) atoms. The highest BCUT2D eigenvalue weighted by atomic mass is 32.1. The molecule has 0 aliphatic carbocycles. The van der Waals surface area contributed by atoms with Gasteiger partial charge in [0.1, 0.15) is 28.8 Å². The van der Waals surface area contributed by atoms with Gasteiger partial charge < -0.3 is 20.1 Å². The summed E-state index contributed by atoms with van der Waals surface area (Å²) in [5.41, 5.74) is 2.53. The third-order valence-corrected chi connectivity index (χ3v) is 5.16. The van der Waals surface area contributed by atoms with Gasteiger partial charge in [0.2, 0.25) is 0 Å². The quantitative estimate of drug-likeness (QED) is 0.665. The lowest BCUT2D eigenvalue weighted by Crippen LogP contribution is -2.34. The van der Waals surface area contributed by atoms with Gasteiger partial charge in [-0.25, -0.2) is 4.98 Å². The maximum Gasteiger partial charge on any atom is 0.275 e. The summed E-state index contributed by atoms with van der Waals surface area (Å²) in [6, 6.07) is 12.8. The molecule has 1 aliphatic rings. The lowest BCUT2D eigenvalue weighted by Gasteiger charge is -2.23. The van der Waals surface area contributed by atoms with Gasteiger partial charge in [-0.2, -0.15) is 0 Å². The summed E-state index contributed by atoms with van der Waals surface area (Å²) in [6.07, 6.45) is -0.543. The number of carbonyl (C=O) groups excluding carboxylic acids is 2. The molecular weight excluding hydrogens is 390 g/mol. The Morgan fingerprint density at radius 2 is 2.07 bits per heavy atom. The molecule has 4 rings (SSSR count). The highest BCUT2D eigenvalue weighted by Crippen LogP contribution is 2.32. The van der Waals surface area contributed by atoms with E-state index in [-0.39, 0.29) is 11.8 Å². The second-order valence-electron chi connectivity index (χ2n) is 6.64. The topological polar surface area (TPSA) is 89.5 Å². The predicted molar refractivity (Wildman–Crippen MR) is 111 cm³/mol. The molecule has 1 aromatic heterocycles. The largest absolute Gasteiger partial charge is 0.486 e. The van der Waals surface area contributed by atoms with E-state index in [2.05, 4.69) is 15.6 Å². The van der Waals surface area contributed by atoms with Crippen molar-refractivity contribution in [1.82, 2.24) is 4.98 Å². The van der Waals surface area contributed by atoms with Crippen molar-refractivity contribution < 1.29 is 19.1 Å². The van der Waals surface area contributed by atoms with Gasteiger partial charge >= 0.3 is 0 Å². The summed E-state index contributed by atoms with van der Waals surface area (Å²) in [4.78, 5) is 28.6. The van der Waals surface area contributed by atoms with E-state index in [9.17, 15) is 9.59 Å².